The monoisotopic (exact) mass is 402 g/mol. The van der Waals surface area contributed by atoms with Gasteiger partial charge in [0.25, 0.3) is 0 Å². The molecule has 0 aliphatic carbocycles. The van der Waals surface area contributed by atoms with Gasteiger partial charge in [-0.15, -0.1) is 11.3 Å². The minimum Gasteiger partial charge on any atom is -0.357 e. The van der Waals surface area contributed by atoms with E-state index in [0.717, 1.165) is 31.3 Å². The van der Waals surface area contributed by atoms with E-state index >= 15 is 0 Å². The van der Waals surface area contributed by atoms with Gasteiger partial charge in [-0.2, -0.15) is 5.10 Å². The Morgan fingerprint density at radius 2 is 2.07 bits per heavy atom. The number of aliphatic imine (C=N–C) groups is 1. The minimum absolute atomic E-state index is 0.667. The van der Waals surface area contributed by atoms with Gasteiger partial charge in [-0.05, 0) is 64.1 Å². The van der Waals surface area contributed by atoms with Crippen molar-refractivity contribution in [3.63, 3.8) is 0 Å². The number of nitrogens with zero attached hydrogens (tertiary/aromatic N) is 4. The van der Waals surface area contributed by atoms with Crippen LogP contribution in [-0.4, -0.2) is 46.8 Å². The van der Waals surface area contributed by atoms with Crippen LogP contribution in [0.15, 0.2) is 22.5 Å². The molecule has 7 heteroatoms. The lowest BCUT2D eigenvalue weighted by Gasteiger charge is -2.32. The van der Waals surface area contributed by atoms with E-state index in [9.17, 15) is 0 Å². The van der Waals surface area contributed by atoms with Gasteiger partial charge in [-0.25, -0.2) is 4.99 Å². The number of aryl methyl sites for hydroxylation is 2. The molecule has 154 valence electrons. The quantitative estimate of drug-likeness (QED) is 0.552. The van der Waals surface area contributed by atoms with Crippen LogP contribution in [0.5, 0.6) is 0 Å². The van der Waals surface area contributed by atoms with E-state index < -0.39 is 0 Å². The van der Waals surface area contributed by atoms with Crippen molar-refractivity contribution in [2.75, 3.05) is 26.2 Å². The van der Waals surface area contributed by atoms with Crippen molar-refractivity contribution in [1.29, 1.82) is 0 Å². The second-order valence-electron chi connectivity index (χ2n) is 7.65. The van der Waals surface area contributed by atoms with Crippen LogP contribution in [0.2, 0.25) is 0 Å². The number of rotatable bonds is 7. The summed E-state index contributed by atoms with van der Waals surface area (Å²) < 4.78 is 1.94. The lowest BCUT2D eigenvalue weighted by atomic mass is 9.97. The number of hydrogen-bond acceptors (Lipinski definition) is 4. The number of guanidine groups is 1. The van der Waals surface area contributed by atoms with Crippen molar-refractivity contribution in [2.24, 2.45) is 18.0 Å². The van der Waals surface area contributed by atoms with Crippen LogP contribution in [0.25, 0.3) is 0 Å². The second kappa shape index (κ2) is 10.1. The van der Waals surface area contributed by atoms with Crippen molar-refractivity contribution >= 4 is 17.3 Å². The van der Waals surface area contributed by atoms with Gasteiger partial charge in [-0.1, -0.05) is 6.07 Å². The van der Waals surface area contributed by atoms with E-state index in [-0.39, 0.29) is 0 Å². The molecule has 0 unspecified atom stereocenters. The fourth-order valence-electron chi connectivity index (χ4n) is 3.76. The molecule has 1 fully saturated rings. The molecule has 2 aromatic rings. The Hall–Kier alpha value is -1.86. The average molecular weight is 403 g/mol. The molecule has 3 heterocycles. The molecule has 0 spiro atoms. The van der Waals surface area contributed by atoms with E-state index in [1.165, 1.54) is 42.1 Å². The zero-order chi connectivity index (χ0) is 19.9. The Morgan fingerprint density at radius 1 is 1.29 bits per heavy atom. The van der Waals surface area contributed by atoms with Gasteiger partial charge < -0.3 is 10.6 Å². The van der Waals surface area contributed by atoms with E-state index in [2.05, 4.69) is 58.9 Å². The molecule has 2 N–H and O–H groups in total. The smallest absolute Gasteiger partial charge is 0.191 e. The normalized spacial score (nSPS) is 16.5. The maximum atomic E-state index is 4.80. The molecule has 0 amide bonds. The molecule has 0 radical (unpaired) electrons. The highest BCUT2D eigenvalue weighted by atomic mass is 32.1. The molecule has 6 nitrogen and oxygen atoms in total. The number of piperidine rings is 1. The van der Waals surface area contributed by atoms with Gasteiger partial charge in [0.1, 0.15) is 0 Å². The van der Waals surface area contributed by atoms with Crippen molar-refractivity contribution in [3.8, 4) is 0 Å². The lowest BCUT2D eigenvalue weighted by molar-refractivity contribution is 0.179. The minimum atomic E-state index is 0.667. The van der Waals surface area contributed by atoms with E-state index in [0.29, 0.717) is 12.5 Å². The fraction of sp³-hybridized carbons (Fsp3) is 0.619. The number of nitrogens with one attached hydrogen (secondary N) is 2. The van der Waals surface area contributed by atoms with E-state index in [4.69, 9.17) is 4.99 Å². The largest absolute Gasteiger partial charge is 0.357 e. The number of aromatic nitrogens is 2. The molecule has 2 aromatic heterocycles. The van der Waals surface area contributed by atoms with Crippen molar-refractivity contribution in [2.45, 2.75) is 46.7 Å². The molecule has 0 atom stereocenters. The van der Waals surface area contributed by atoms with Gasteiger partial charge in [0, 0.05) is 42.8 Å². The summed E-state index contributed by atoms with van der Waals surface area (Å²) in [6, 6.07) is 4.38. The molecular weight excluding hydrogens is 368 g/mol. The third kappa shape index (κ3) is 5.58. The Morgan fingerprint density at radius 3 is 2.68 bits per heavy atom. The molecular formula is C21H34N6S. The molecule has 28 heavy (non-hydrogen) atoms. The van der Waals surface area contributed by atoms with Gasteiger partial charge in [0.05, 0.1) is 12.2 Å². The first-order valence-corrected chi connectivity index (χ1v) is 11.2. The highest BCUT2D eigenvalue weighted by Gasteiger charge is 2.19. The fourth-order valence-corrected chi connectivity index (χ4v) is 4.50. The summed E-state index contributed by atoms with van der Waals surface area (Å²) >= 11 is 1.86. The van der Waals surface area contributed by atoms with Crippen molar-refractivity contribution in [3.05, 3.63) is 39.3 Å². The average Bonchev–Trinajstić information content (AvgIpc) is 3.27. The Kier molecular flexibility index (Phi) is 7.50. The molecule has 0 bridgehead atoms. The Bertz CT molecular complexity index is 756. The van der Waals surface area contributed by atoms with Gasteiger partial charge in [-0.3, -0.25) is 9.58 Å². The third-order valence-corrected chi connectivity index (χ3v) is 6.48. The Balaban J connectivity index is 1.47. The van der Waals surface area contributed by atoms with E-state index in [1.54, 1.807) is 0 Å². The molecule has 1 saturated heterocycles. The Labute approximate surface area is 173 Å². The van der Waals surface area contributed by atoms with E-state index in [1.807, 2.05) is 23.1 Å². The molecule has 1 aliphatic heterocycles. The number of hydrogen-bond donors (Lipinski definition) is 2. The molecule has 0 saturated carbocycles. The van der Waals surface area contributed by atoms with Crippen LogP contribution < -0.4 is 10.6 Å². The highest BCUT2D eigenvalue weighted by Crippen LogP contribution is 2.20. The van der Waals surface area contributed by atoms with Crippen LogP contribution in [0, 0.1) is 19.8 Å². The first-order chi connectivity index (χ1) is 13.6. The summed E-state index contributed by atoms with van der Waals surface area (Å²) in [4.78, 5) is 8.85. The lowest BCUT2D eigenvalue weighted by Crippen LogP contribution is -2.42. The standard InChI is InChI=1S/C21H34N6S/c1-5-22-21(24-14-20-16(2)25-26(4)17(20)3)23-13-18-8-10-27(11-9-18)15-19-7-6-12-28-19/h6-7,12,18H,5,8-11,13-15H2,1-4H3,(H2,22,23,24). The summed E-state index contributed by atoms with van der Waals surface area (Å²) in [6.45, 7) is 12.3. The van der Waals surface area contributed by atoms with Crippen molar-refractivity contribution < 1.29 is 0 Å². The first kappa shape index (κ1) is 20.9. The summed E-state index contributed by atoms with van der Waals surface area (Å²) in [5, 5.41) is 13.6. The predicted molar refractivity (Wildman–Crippen MR) is 118 cm³/mol. The molecule has 0 aromatic carbocycles. The predicted octanol–water partition coefficient (Wildman–Crippen LogP) is 3.07. The molecule has 1 aliphatic rings. The second-order valence-corrected chi connectivity index (χ2v) is 8.68. The zero-order valence-electron chi connectivity index (χ0n) is 17.7. The highest BCUT2D eigenvalue weighted by molar-refractivity contribution is 7.09. The third-order valence-electron chi connectivity index (χ3n) is 5.62. The zero-order valence-corrected chi connectivity index (χ0v) is 18.5. The first-order valence-electron chi connectivity index (χ1n) is 10.3. The van der Waals surface area contributed by atoms with Gasteiger partial charge in [0.15, 0.2) is 5.96 Å². The van der Waals surface area contributed by atoms with Gasteiger partial charge >= 0.3 is 0 Å². The SMILES string of the molecule is CCNC(=NCc1c(C)nn(C)c1C)NCC1CCN(Cc2cccs2)CC1. The maximum absolute atomic E-state index is 4.80. The van der Waals surface area contributed by atoms with Crippen LogP contribution in [-0.2, 0) is 20.1 Å². The number of thiophene rings is 1. The topological polar surface area (TPSA) is 57.5 Å². The van der Waals surface area contributed by atoms with Gasteiger partial charge in [0.2, 0.25) is 0 Å². The van der Waals surface area contributed by atoms with Crippen LogP contribution in [0.3, 0.4) is 0 Å². The summed E-state index contributed by atoms with van der Waals surface area (Å²) in [7, 11) is 1.99. The van der Waals surface area contributed by atoms with Crippen molar-refractivity contribution in [1.82, 2.24) is 25.3 Å². The summed E-state index contributed by atoms with van der Waals surface area (Å²) in [5.41, 5.74) is 3.48. The van der Waals surface area contributed by atoms with Crippen LogP contribution in [0.1, 0.15) is 41.6 Å². The number of likely N-dealkylation sites (tertiary alicyclic amines) is 1. The van der Waals surface area contributed by atoms with Crippen LogP contribution in [0.4, 0.5) is 0 Å². The summed E-state index contributed by atoms with van der Waals surface area (Å²) in [5.74, 6) is 1.62. The molecule has 3 rings (SSSR count). The maximum Gasteiger partial charge on any atom is 0.191 e. The summed E-state index contributed by atoms with van der Waals surface area (Å²) in [6.07, 6.45) is 2.50. The van der Waals surface area contributed by atoms with Crippen LogP contribution >= 0.6 is 11.3 Å².